The van der Waals surface area contributed by atoms with Gasteiger partial charge in [-0.1, -0.05) is 0 Å². The number of hydrogen-bond acceptors (Lipinski definition) is 3. The first kappa shape index (κ1) is 12.2. The van der Waals surface area contributed by atoms with Crippen molar-refractivity contribution in [2.24, 2.45) is 0 Å². The van der Waals surface area contributed by atoms with Crippen LogP contribution in [0.3, 0.4) is 0 Å². The second-order valence-corrected chi connectivity index (χ2v) is 3.46. The summed E-state index contributed by atoms with van der Waals surface area (Å²) in [5, 5.41) is 11.6. The molecule has 0 fully saturated rings. The number of hydrogen-bond donors (Lipinski definition) is 1. The SMILES string of the molecule is CNCCC(=O)N(C)c1ccc(C#N)cc1. The van der Waals surface area contributed by atoms with Crippen LogP contribution < -0.4 is 10.2 Å². The summed E-state index contributed by atoms with van der Waals surface area (Å²) in [6, 6.07) is 9.00. The minimum absolute atomic E-state index is 0.0547. The summed E-state index contributed by atoms with van der Waals surface area (Å²) in [6.45, 7) is 0.666. The third-order valence-corrected chi connectivity index (χ3v) is 2.35. The summed E-state index contributed by atoms with van der Waals surface area (Å²) >= 11 is 0. The van der Waals surface area contributed by atoms with E-state index in [0.717, 1.165) is 5.69 Å². The van der Waals surface area contributed by atoms with Crippen LogP contribution in [0.4, 0.5) is 5.69 Å². The van der Waals surface area contributed by atoms with Crippen molar-refractivity contribution in [1.82, 2.24) is 5.32 Å². The van der Waals surface area contributed by atoms with Gasteiger partial charge in [0, 0.05) is 25.7 Å². The second-order valence-electron chi connectivity index (χ2n) is 3.46. The molecule has 1 aromatic rings. The summed E-state index contributed by atoms with van der Waals surface area (Å²) in [6.07, 6.45) is 0.465. The van der Waals surface area contributed by atoms with Gasteiger partial charge in [0.05, 0.1) is 11.6 Å². The molecular weight excluding hydrogens is 202 g/mol. The topological polar surface area (TPSA) is 56.1 Å². The van der Waals surface area contributed by atoms with E-state index in [9.17, 15) is 4.79 Å². The van der Waals surface area contributed by atoms with Crippen LogP contribution in [0.5, 0.6) is 0 Å². The minimum atomic E-state index is 0.0547. The summed E-state index contributed by atoms with van der Waals surface area (Å²) in [7, 11) is 3.55. The zero-order valence-corrected chi connectivity index (χ0v) is 9.53. The van der Waals surface area contributed by atoms with Crippen LogP contribution in [0.2, 0.25) is 0 Å². The maximum absolute atomic E-state index is 11.7. The van der Waals surface area contributed by atoms with Gasteiger partial charge in [-0.05, 0) is 31.3 Å². The second kappa shape index (κ2) is 5.89. The van der Waals surface area contributed by atoms with Gasteiger partial charge in [-0.2, -0.15) is 5.26 Å². The van der Waals surface area contributed by atoms with Gasteiger partial charge >= 0.3 is 0 Å². The number of amides is 1. The van der Waals surface area contributed by atoms with Crippen LogP contribution in [-0.4, -0.2) is 26.5 Å². The van der Waals surface area contributed by atoms with Gasteiger partial charge in [0.2, 0.25) is 5.91 Å². The van der Waals surface area contributed by atoms with E-state index < -0.39 is 0 Å². The molecule has 0 radical (unpaired) electrons. The van der Waals surface area contributed by atoms with Crippen LogP contribution in [0.15, 0.2) is 24.3 Å². The van der Waals surface area contributed by atoms with Crippen molar-refractivity contribution in [2.45, 2.75) is 6.42 Å². The van der Waals surface area contributed by atoms with E-state index in [-0.39, 0.29) is 5.91 Å². The molecule has 0 saturated heterocycles. The third kappa shape index (κ3) is 3.07. The number of benzene rings is 1. The number of carbonyl (C=O) groups is 1. The lowest BCUT2D eigenvalue weighted by Gasteiger charge is -2.17. The predicted molar refractivity (Wildman–Crippen MR) is 63.1 cm³/mol. The summed E-state index contributed by atoms with van der Waals surface area (Å²) in [5.74, 6) is 0.0547. The molecule has 0 heterocycles. The molecule has 4 heteroatoms. The van der Waals surface area contributed by atoms with Crippen molar-refractivity contribution < 1.29 is 4.79 Å². The van der Waals surface area contributed by atoms with E-state index in [0.29, 0.717) is 18.5 Å². The highest BCUT2D eigenvalue weighted by molar-refractivity contribution is 5.92. The fourth-order valence-electron chi connectivity index (χ4n) is 1.30. The Morgan fingerprint density at radius 2 is 2.06 bits per heavy atom. The minimum Gasteiger partial charge on any atom is -0.319 e. The molecular formula is C12H15N3O. The highest BCUT2D eigenvalue weighted by Crippen LogP contribution is 2.14. The Morgan fingerprint density at radius 3 is 2.56 bits per heavy atom. The number of rotatable bonds is 4. The molecule has 0 atom stereocenters. The monoisotopic (exact) mass is 217 g/mol. The van der Waals surface area contributed by atoms with Crippen LogP contribution in [-0.2, 0) is 4.79 Å². The van der Waals surface area contributed by atoms with E-state index in [2.05, 4.69) is 5.32 Å². The number of nitrogens with zero attached hydrogens (tertiary/aromatic N) is 2. The average Bonchev–Trinajstić information content (AvgIpc) is 2.35. The Kier molecular flexibility index (Phi) is 4.49. The lowest BCUT2D eigenvalue weighted by molar-refractivity contribution is -0.118. The van der Waals surface area contributed by atoms with Crippen molar-refractivity contribution in [3.05, 3.63) is 29.8 Å². The Morgan fingerprint density at radius 1 is 1.44 bits per heavy atom. The number of carbonyl (C=O) groups excluding carboxylic acids is 1. The van der Waals surface area contributed by atoms with Crippen LogP contribution in [0.25, 0.3) is 0 Å². The first-order valence-electron chi connectivity index (χ1n) is 5.10. The van der Waals surface area contributed by atoms with Crippen molar-refractivity contribution in [1.29, 1.82) is 5.26 Å². The molecule has 0 saturated carbocycles. The van der Waals surface area contributed by atoms with E-state index in [1.165, 1.54) is 0 Å². The summed E-state index contributed by atoms with van der Waals surface area (Å²) < 4.78 is 0. The lowest BCUT2D eigenvalue weighted by Crippen LogP contribution is -2.28. The lowest BCUT2D eigenvalue weighted by atomic mass is 10.2. The maximum atomic E-state index is 11.7. The molecule has 0 spiro atoms. The Balaban J connectivity index is 2.69. The molecule has 1 amide bonds. The molecule has 0 bridgehead atoms. The van der Waals surface area contributed by atoms with E-state index in [4.69, 9.17) is 5.26 Å². The fourth-order valence-corrected chi connectivity index (χ4v) is 1.30. The molecule has 1 aromatic carbocycles. The van der Waals surface area contributed by atoms with Gasteiger partial charge in [-0.25, -0.2) is 0 Å². The largest absolute Gasteiger partial charge is 0.319 e. The van der Waals surface area contributed by atoms with E-state index in [1.807, 2.05) is 13.1 Å². The molecule has 1 N–H and O–H groups in total. The van der Waals surface area contributed by atoms with Gasteiger partial charge < -0.3 is 10.2 Å². The number of nitriles is 1. The zero-order valence-electron chi connectivity index (χ0n) is 9.53. The van der Waals surface area contributed by atoms with Crippen molar-refractivity contribution in [3.63, 3.8) is 0 Å². The van der Waals surface area contributed by atoms with Crippen molar-refractivity contribution >= 4 is 11.6 Å². The number of nitrogens with one attached hydrogen (secondary N) is 1. The Hall–Kier alpha value is -1.86. The number of anilines is 1. The zero-order chi connectivity index (χ0) is 12.0. The smallest absolute Gasteiger partial charge is 0.227 e. The third-order valence-electron chi connectivity index (χ3n) is 2.35. The van der Waals surface area contributed by atoms with Gasteiger partial charge in [-0.15, -0.1) is 0 Å². The Labute approximate surface area is 95.5 Å². The first-order chi connectivity index (χ1) is 7.69. The highest BCUT2D eigenvalue weighted by atomic mass is 16.2. The predicted octanol–water partition coefficient (Wildman–Crippen LogP) is 1.13. The van der Waals surface area contributed by atoms with Crippen molar-refractivity contribution in [2.75, 3.05) is 25.5 Å². The van der Waals surface area contributed by atoms with Gasteiger partial charge in [0.15, 0.2) is 0 Å². The molecule has 16 heavy (non-hydrogen) atoms. The van der Waals surface area contributed by atoms with E-state index in [1.54, 1.807) is 36.2 Å². The molecule has 0 unspecified atom stereocenters. The molecule has 4 nitrogen and oxygen atoms in total. The Bertz CT molecular complexity index is 392. The summed E-state index contributed by atoms with van der Waals surface area (Å²) in [5.41, 5.74) is 1.40. The van der Waals surface area contributed by atoms with Crippen LogP contribution in [0.1, 0.15) is 12.0 Å². The van der Waals surface area contributed by atoms with Crippen LogP contribution in [0, 0.1) is 11.3 Å². The standard InChI is InChI=1S/C12H15N3O/c1-14-8-7-12(16)15(2)11-5-3-10(9-13)4-6-11/h3-6,14H,7-8H2,1-2H3. The van der Waals surface area contributed by atoms with Gasteiger partial charge in [0.1, 0.15) is 0 Å². The molecule has 1 rings (SSSR count). The normalized spacial score (nSPS) is 9.56. The van der Waals surface area contributed by atoms with Gasteiger partial charge in [0.25, 0.3) is 0 Å². The first-order valence-corrected chi connectivity index (χ1v) is 5.10. The van der Waals surface area contributed by atoms with E-state index >= 15 is 0 Å². The average molecular weight is 217 g/mol. The molecule has 0 aliphatic heterocycles. The molecule has 0 aliphatic rings. The maximum Gasteiger partial charge on any atom is 0.227 e. The van der Waals surface area contributed by atoms with Crippen molar-refractivity contribution in [3.8, 4) is 6.07 Å². The molecule has 84 valence electrons. The van der Waals surface area contributed by atoms with Gasteiger partial charge in [-0.3, -0.25) is 4.79 Å². The van der Waals surface area contributed by atoms with Crippen LogP contribution >= 0.6 is 0 Å². The molecule has 0 aliphatic carbocycles. The fraction of sp³-hybridized carbons (Fsp3) is 0.333. The molecule has 0 aromatic heterocycles. The quantitative estimate of drug-likeness (QED) is 0.822. The highest BCUT2D eigenvalue weighted by Gasteiger charge is 2.09. The summed E-state index contributed by atoms with van der Waals surface area (Å²) in [4.78, 5) is 13.3.